The van der Waals surface area contributed by atoms with Gasteiger partial charge in [0.2, 0.25) is 0 Å². The number of amides is 1. The standard InChI is InChI=1S/C25H25BrN2O2/c26-21-7-4-8-22(16-21)28-25(29)23-15-20(19-11-13-27-14-12-19)9-10-24(23)30-17-18-5-2-1-3-6-18/h1-10,15-16,19,27H,11-14,17H2,(H,28,29). The molecule has 0 aliphatic carbocycles. The number of carbonyl (C=O) groups is 1. The maximum atomic E-state index is 13.2. The summed E-state index contributed by atoms with van der Waals surface area (Å²) >= 11 is 3.46. The molecule has 4 nitrogen and oxygen atoms in total. The lowest BCUT2D eigenvalue weighted by molar-refractivity contribution is 0.102. The second-order valence-electron chi connectivity index (χ2n) is 7.52. The molecule has 2 N–H and O–H groups in total. The SMILES string of the molecule is O=C(Nc1cccc(Br)c1)c1cc(C2CCNCC2)ccc1OCc1ccccc1. The van der Waals surface area contributed by atoms with Gasteiger partial charge in [0.05, 0.1) is 5.56 Å². The zero-order chi connectivity index (χ0) is 20.8. The summed E-state index contributed by atoms with van der Waals surface area (Å²) in [5.41, 5.74) is 3.58. The molecular formula is C25H25BrN2O2. The van der Waals surface area contributed by atoms with Crippen molar-refractivity contribution in [3.63, 3.8) is 0 Å². The van der Waals surface area contributed by atoms with Crippen molar-refractivity contribution in [3.8, 4) is 5.75 Å². The molecular weight excluding hydrogens is 440 g/mol. The Morgan fingerprint density at radius 2 is 1.80 bits per heavy atom. The Morgan fingerprint density at radius 3 is 2.57 bits per heavy atom. The third-order valence-corrected chi connectivity index (χ3v) is 5.87. The molecule has 3 aromatic carbocycles. The van der Waals surface area contributed by atoms with E-state index < -0.39 is 0 Å². The quantitative estimate of drug-likeness (QED) is 0.488. The van der Waals surface area contributed by atoms with Gasteiger partial charge in [-0.15, -0.1) is 0 Å². The average molecular weight is 465 g/mol. The molecule has 0 saturated carbocycles. The molecule has 5 heteroatoms. The van der Waals surface area contributed by atoms with Crippen molar-refractivity contribution in [2.75, 3.05) is 18.4 Å². The fourth-order valence-electron chi connectivity index (χ4n) is 3.76. The molecule has 0 atom stereocenters. The number of benzene rings is 3. The zero-order valence-electron chi connectivity index (χ0n) is 16.7. The fourth-order valence-corrected chi connectivity index (χ4v) is 4.16. The first-order valence-corrected chi connectivity index (χ1v) is 11.1. The molecule has 1 fully saturated rings. The number of ether oxygens (including phenoxy) is 1. The summed E-state index contributed by atoms with van der Waals surface area (Å²) in [5.74, 6) is 0.905. The minimum absolute atomic E-state index is 0.160. The third-order valence-electron chi connectivity index (χ3n) is 5.38. The number of anilines is 1. The van der Waals surface area contributed by atoms with E-state index >= 15 is 0 Å². The second kappa shape index (κ2) is 9.92. The largest absolute Gasteiger partial charge is 0.488 e. The topological polar surface area (TPSA) is 50.4 Å². The summed E-state index contributed by atoms with van der Waals surface area (Å²) in [7, 11) is 0. The third kappa shape index (κ3) is 5.29. The number of hydrogen-bond acceptors (Lipinski definition) is 3. The molecule has 0 unspecified atom stereocenters. The zero-order valence-corrected chi connectivity index (χ0v) is 18.3. The number of nitrogens with one attached hydrogen (secondary N) is 2. The smallest absolute Gasteiger partial charge is 0.259 e. The van der Waals surface area contributed by atoms with Gasteiger partial charge < -0.3 is 15.4 Å². The first-order valence-electron chi connectivity index (χ1n) is 10.3. The second-order valence-corrected chi connectivity index (χ2v) is 8.43. The highest BCUT2D eigenvalue weighted by atomic mass is 79.9. The van der Waals surface area contributed by atoms with Crippen molar-refractivity contribution in [1.82, 2.24) is 5.32 Å². The number of hydrogen-bond donors (Lipinski definition) is 2. The van der Waals surface area contributed by atoms with Crippen molar-refractivity contribution < 1.29 is 9.53 Å². The molecule has 0 spiro atoms. The van der Waals surface area contributed by atoms with E-state index in [0.717, 1.165) is 41.7 Å². The van der Waals surface area contributed by atoms with E-state index in [0.29, 0.717) is 23.8 Å². The molecule has 0 radical (unpaired) electrons. The lowest BCUT2D eigenvalue weighted by Crippen LogP contribution is -2.26. The fraction of sp³-hybridized carbons (Fsp3) is 0.240. The van der Waals surface area contributed by atoms with Crippen LogP contribution in [0.3, 0.4) is 0 Å². The van der Waals surface area contributed by atoms with Gasteiger partial charge >= 0.3 is 0 Å². The monoisotopic (exact) mass is 464 g/mol. The minimum atomic E-state index is -0.160. The van der Waals surface area contributed by atoms with Crippen LogP contribution in [-0.4, -0.2) is 19.0 Å². The average Bonchev–Trinajstić information content (AvgIpc) is 2.79. The highest BCUT2D eigenvalue weighted by molar-refractivity contribution is 9.10. The van der Waals surface area contributed by atoms with Crippen LogP contribution >= 0.6 is 15.9 Å². The van der Waals surface area contributed by atoms with Gasteiger partial charge in [-0.05, 0) is 73.3 Å². The summed E-state index contributed by atoms with van der Waals surface area (Å²) in [6.07, 6.45) is 2.16. The number of halogens is 1. The van der Waals surface area contributed by atoms with Gasteiger partial charge in [0.15, 0.2) is 0 Å². The lowest BCUT2D eigenvalue weighted by atomic mass is 9.89. The van der Waals surface area contributed by atoms with Crippen LogP contribution in [-0.2, 0) is 6.61 Å². The van der Waals surface area contributed by atoms with Crippen LogP contribution in [0.5, 0.6) is 5.75 Å². The summed E-state index contributed by atoms with van der Waals surface area (Å²) in [4.78, 5) is 13.2. The minimum Gasteiger partial charge on any atom is -0.488 e. The molecule has 154 valence electrons. The number of rotatable bonds is 6. The van der Waals surface area contributed by atoms with Gasteiger partial charge in [-0.1, -0.05) is 58.4 Å². The van der Waals surface area contributed by atoms with E-state index in [4.69, 9.17) is 4.74 Å². The van der Waals surface area contributed by atoms with E-state index in [2.05, 4.69) is 32.6 Å². The van der Waals surface area contributed by atoms with Crippen molar-refractivity contribution >= 4 is 27.5 Å². The van der Waals surface area contributed by atoms with Crippen LogP contribution in [0.25, 0.3) is 0 Å². The van der Waals surface area contributed by atoms with Gasteiger partial charge in [-0.3, -0.25) is 4.79 Å². The van der Waals surface area contributed by atoms with E-state index in [9.17, 15) is 4.79 Å². The predicted octanol–water partition coefficient (Wildman–Crippen LogP) is 5.75. The molecule has 4 rings (SSSR count). The lowest BCUT2D eigenvalue weighted by Gasteiger charge is -2.24. The van der Waals surface area contributed by atoms with Crippen molar-refractivity contribution in [3.05, 3.63) is 94.0 Å². The highest BCUT2D eigenvalue weighted by Gasteiger charge is 2.20. The summed E-state index contributed by atoms with van der Waals surface area (Å²) in [6.45, 7) is 2.44. The maximum Gasteiger partial charge on any atom is 0.259 e. The van der Waals surface area contributed by atoms with Crippen LogP contribution in [0.2, 0.25) is 0 Å². The van der Waals surface area contributed by atoms with E-state index in [1.54, 1.807) is 0 Å². The Labute approximate surface area is 185 Å². The van der Waals surface area contributed by atoms with Crippen LogP contribution in [0.4, 0.5) is 5.69 Å². The highest BCUT2D eigenvalue weighted by Crippen LogP contribution is 2.31. The predicted molar refractivity (Wildman–Crippen MR) is 124 cm³/mol. The molecule has 1 amide bonds. The Kier molecular flexibility index (Phi) is 6.82. The Balaban J connectivity index is 1.59. The molecule has 0 bridgehead atoms. The number of carbonyl (C=O) groups excluding carboxylic acids is 1. The van der Waals surface area contributed by atoms with Gasteiger partial charge in [0.1, 0.15) is 12.4 Å². The molecule has 1 saturated heterocycles. The van der Waals surface area contributed by atoms with E-state index in [1.807, 2.05) is 66.7 Å². The Morgan fingerprint density at radius 1 is 1.00 bits per heavy atom. The number of piperidine rings is 1. The van der Waals surface area contributed by atoms with E-state index in [-0.39, 0.29) is 5.91 Å². The van der Waals surface area contributed by atoms with Crippen molar-refractivity contribution in [1.29, 1.82) is 0 Å². The summed E-state index contributed by atoms with van der Waals surface area (Å²) < 4.78 is 6.99. The molecule has 1 heterocycles. The molecule has 1 aliphatic heterocycles. The molecule has 30 heavy (non-hydrogen) atoms. The van der Waals surface area contributed by atoms with E-state index in [1.165, 1.54) is 5.56 Å². The van der Waals surface area contributed by atoms with Crippen molar-refractivity contribution in [2.24, 2.45) is 0 Å². The van der Waals surface area contributed by atoms with Crippen LogP contribution in [0.1, 0.15) is 40.2 Å². The van der Waals surface area contributed by atoms with Gasteiger partial charge in [-0.25, -0.2) is 0 Å². The normalized spacial score (nSPS) is 14.3. The Bertz CT molecular complexity index is 1000. The molecule has 3 aromatic rings. The maximum absolute atomic E-state index is 13.2. The Hall–Kier alpha value is -2.63. The van der Waals surface area contributed by atoms with Gasteiger partial charge in [0, 0.05) is 10.2 Å². The molecule has 1 aliphatic rings. The van der Waals surface area contributed by atoms with Gasteiger partial charge in [-0.2, -0.15) is 0 Å². The van der Waals surface area contributed by atoms with Crippen LogP contribution in [0, 0.1) is 0 Å². The first kappa shape index (κ1) is 20.6. The summed E-state index contributed by atoms with van der Waals surface area (Å²) in [5, 5.41) is 6.41. The summed E-state index contributed by atoms with van der Waals surface area (Å²) in [6, 6.07) is 23.6. The van der Waals surface area contributed by atoms with Crippen molar-refractivity contribution in [2.45, 2.75) is 25.4 Å². The van der Waals surface area contributed by atoms with Gasteiger partial charge in [0.25, 0.3) is 5.91 Å². The van der Waals surface area contributed by atoms with Crippen LogP contribution < -0.4 is 15.4 Å². The van der Waals surface area contributed by atoms with Crippen LogP contribution in [0.15, 0.2) is 77.3 Å². The molecule has 0 aromatic heterocycles. The first-order chi connectivity index (χ1) is 14.7.